The van der Waals surface area contributed by atoms with E-state index in [1.807, 2.05) is 0 Å². The summed E-state index contributed by atoms with van der Waals surface area (Å²) in [5.41, 5.74) is -0.516. The lowest BCUT2D eigenvalue weighted by molar-refractivity contribution is -0.319. The lowest BCUT2D eigenvalue weighted by atomic mass is 9.93. The molecule has 0 heterocycles. The number of nitrogens with zero attached hydrogens (tertiary/aromatic N) is 1. The fourth-order valence-electron chi connectivity index (χ4n) is 3.98. The minimum absolute atomic E-state index is 0.136. The minimum Gasteiger partial charge on any atom is -0.264 e. The van der Waals surface area contributed by atoms with Crippen LogP contribution in [0.25, 0.3) is 17.2 Å². The van der Waals surface area contributed by atoms with Crippen LogP contribution in [0.4, 0.5) is 35.1 Å². The monoisotopic (exact) mass is 575 g/mol. The molecule has 0 bridgehead atoms. The van der Waals surface area contributed by atoms with Crippen molar-refractivity contribution in [2.24, 2.45) is 5.16 Å². The van der Waals surface area contributed by atoms with Crippen LogP contribution in [0.5, 0.6) is 0 Å². The van der Waals surface area contributed by atoms with Gasteiger partial charge in [-0.05, 0) is 52.4 Å². The summed E-state index contributed by atoms with van der Waals surface area (Å²) in [5.74, 6) is -19.3. The van der Waals surface area contributed by atoms with E-state index in [-0.39, 0.29) is 6.42 Å². The van der Waals surface area contributed by atoms with Crippen LogP contribution in [-0.4, -0.2) is 38.3 Å². The van der Waals surface area contributed by atoms with Crippen molar-refractivity contribution < 1.29 is 47.8 Å². The predicted molar refractivity (Wildman–Crippen MR) is 127 cm³/mol. The fourth-order valence-corrected chi connectivity index (χ4v) is 4.71. The largest absolute Gasteiger partial charge is 0.383 e. The zero-order valence-corrected chi connectivity index (χ0v) is 20.3. The number of fused-ring (bicyclic) bond motifs is 3. The summed E-state index contributed by atoms with van der Waals surface area (Å²) >= 11 is 0. The standard InChI is InChI=1S/C26H17F8NO3S/c1-2-15-7-10-19(11-8-15)39(36,37)38-35-22(24(29,30)26(33,34)25(31,32)23(27)28)17-9-12-21-18(14-17)13-16-5-3-4-6-20(16)21/h2-12,14,23H,1,13H2. The molecule has 4 rings (SSSR count). The van der Waals surface area contributed by atoms with Crippen molar-refractivity contribution in [3.63, 3.8) is 0 Å². The highest BCUT2D eigenvalue weighted by atomic mass is 32.2. The zero-order chi connectivity index (χ0) is 28.8. The lowest BCUT2D eigenvalue weighted by Gasteiger charge is -2.32. The van der Waals surface area contributed by atoms with Gasteiger partial charge in [0.15, 0.2) is 5.71 Å². The Morgan fingerprint density at radius 1 is 0.897 bits per heavy atom. The normalized spacial score (nSPS) is 14.2. The van der Waals surface area contributed by atoms with E-state index in [9.17, 15) is 34.8 Å². The third-order valence-corrected chi connectivity index (χ3v) is 7.20. The molecule has 0 spiro atoms. The molecule has 1 aliphatic carbocycles. The number of alkyl halides is 8. The first-order valence-electron chi connectivity index (χ1n) is 11.0. The second-order valence-corrected chi connectivity index (χ2v) is 10.0. The Labute approximate surface area is 217 Å². The molecule has 1 aliphatic rings. The number of oxime groups is 1. The van der Waals surface area contributed by atoms with Gasteiger partial charge in [-0.2, -0.15) is 34.8 Å². The van der Waals surface area contributed by atoms with Crippen molar-refractivity contribution in [1.82, 2.24) is 0 Å². The Bertz CT molecular complexity index is 1550. The van der Waals surface area contributed by atoms with Crippen LogP contribution < -0.4 is 0 Å². The maximum atomic E-state index is 15.1. The van der Waals surface area contributed by atoms with Gasteiger partial charge >= 0.3 is 34.3 Å². The molecule has 0 fully saturated rings. The molecular formula is C26H17F8NO3S. The van der Waals surface area contributed by atoms with Crippen LogP contribution in [-0.2, 0) is 20.8 Å². The summed E-state index contributed by atoms with van der Waals surface area (Å²) < 4.78 is 141. The molecule has 39 heavy (non-hydrogen) atoms. The van der Waals surface area contributed by atoms with Gasteiger partial charge in [0.25, 0.3) is 0 Å². The minimum atomic E-state index is -6.70. The number of rotatable bonds is 9. The fraction of sp³-hybridized carbons (Fsp3) is 0.192. The van der Waals surface area contributed by atoms with E-state index in [0.717, 1.165) is 29.8 Å². The van der Waals surface area contributed by atoms with Crippen molar-refractivity contribution >= 4 is 21.9 Å². The molecule has 0 N–H and O–H groups in total. The second-order valence-electron chi connectivity index (χ2n) is 8.52. The zero-order valence-electron chi connectivity index (χ0n) is 19.5. The molecule has 0 saturated heterocycles. The molecule has 0 radical (unpaired) electrons. The third kappa shape index (κ3) is 4.79. The van der Waals surface area contributed by atoms with E-state index in [4.69, 9.17) is 0 Å². The van der Waals surface area contributed by atoms with E-state index in [2.05, 4.69) is 16.0 Å². The highest BCUT2D eigenvalue weighted by Gasteiger charge is 2.77. The molecule has 0 saturated carbocycles. The van der Waals surface area contributed by atoms with Crippen LogP contribution in [0, 0.1) is 0 Å². The van der Waals surface area contributed by atoms with Gasteiger partial charge in [0.05, 0.1) is 0 Å². The molecule has 3 aromatic carbocycles. The van der Waals surface area contributed by atoms with Crippen molar-refractivity contribution in [3.05, 3.63) is 95.6 Å². The summed E-state index contributed by atoms with van der Waals surface area (Å²) in [7, 11) is -5.04. The topological polar surface area (TPSA) is 55.7 Å². The highest BCUT2D eigenvalue weighted by molar-refractivity contribution is 7.86. The van der Waals surface area contributed by atoms with Crippen LogP contribution in [0.15, 0.2) is 83.4 Å². The molecule has 0 aliphatic heterocycles. The van der Waals surface area contributed by atoms with Gasteiger partial charge in [-0.25, -0.2) is 8.78 Å². The van der Waals surface area contributed by atoms with E-state index < -0.39 is 50.5 Å². The lowest BCUT2D eigenvalue weighted by Crippen LogP contribution is -2.60. The van der Waals surface area contributed by atoms with E-state index in [1.54, 1.807) is 24.3 Å². The van der Waals surface area contributed by atoms with Gasteiger partial charge in [-0.15, -0.1) is 0 Å². The third-order valence-electron chi connectivity index (χ3n) is 6.08. The summed E-state index contributed by atoms with van der Waals surface area (Å²) in [6.07, 6.45) is -3.69. The van der Waals surface area contributed by atoms with Gasteiger partial charge in [0, 0.05) is 5.56 Å². The molecule has 0 atom stereocenters. The van der Waals surface area contributed by atoms with Crippen LogP contribution >= 0.6 is 0 Å². The average molecular weight is 575 g/mol. The Balaban J connectivity index is 1.83. The Morgan fingerprint density at radius 3 is 2.13 bits per heavy atom. The van der Waals surface area contributed by atoms with Crippen molar-refractivity contribution in [3.8, 4) is 11.1 Å². The molecule has 0 aromatic heterocycles. The van der Waals surface area contributed by atoms with Gasteiger partial charge in [0.1, 0.15) is 4.90 Å². The molecular weight excluding hydrogens is 558 g/mol. The first kappa shape index (κ1) is 28.3. The van der Waals surface area contributed by atoms with E-state index in [1.165, 1.54) is 24.3 Å². The summed E-state index contributed by atoms with van der Waals surface area (Å²) in [4.78, 5) is -0.645. The van der Waals surface area contributed by atoms with Crippen molar-refractivity contribution in [1.29, 1.82) is 0 Å². The summed E-state index contributed by atoms with van der Waals surface area (Å²) in [6.45, 7) is 3.46. The Hall–Kier alpha value is -3.74. The van der Waals surface area contributed by atoms with Gasteiger partial charge in [-0.1, -0.05) is 66.3 Å². The second kappa shape index (κ2) is 9.78. The van der Waals surface area contributed by atoms with E-state index in [0.29, 0.717) is 22.3 Å². The number of hydrogen-bond donors (Lipinski definition) is 0. The molecule has 206 valence electrons. The summed E-state index contributed by atoms with van der Waals surface area (Å²) in [5, 5.41) is 2.67. The SMILES string of the molecule is C=Cc1ccc(S(=O)(=O)ON=C(c2ccc3c(c2)Cc2ccccc2-3)C(F)(F)C(F)(F)C(F)(F)C(F)F)cc1. The first-order valence-corrected chi connectivity index (χ1v) is 12.4. The van der Waals surface area contributed by atoms with Crippen molar-refractivity contribution in [2.45, 2.75) is 35.5 Å². The van der Waals surface area contributed by atoms with Crippen LogP contribution in [0.2, 0.25) is 0 Å². The maximum Gasteiger partial charge on any atom is 0.383 e. The van der Waals surface area contributed by atoms with E-state index >= 15 is 8.78 Å². The molecule has 0 amide bonds. The Morgan fingerprint density at radius 2 is 1.51 bits per heavy atom. The van der Waals surface area contributed by atoms with Crippen molar-refractivity contribution in [2.75, 3.05) is 0 Å². The van der Waals surface area contributed by atoms with Crippen LogP contribution in [0.1, 0.15) is 22.3 Å². The van der Waals surface area contributed by atoms with Gasteiger partial charge < -0.3 is 0 Å². The quantitative estimate of drug-likeness (QED) is 0.121. The van der Waals surface area contributed by atoms with Gasteiger partial charge in [-0.3, -0.25) is 4.28 Å². The molecule has 4 nitrogen and oxygen atoms in total. The molecule has 3 aromatic rings. The maximum absolute atomic E-state index is 15.1. The molecule has 13 heteroatoms. The number of benzene rings is 3. The predicted octanol–water partition coefficient (Wildman–Crippen LogP) is 7.18. The number of hydrogen-bond acceptors (Lipinski definition) is 4. The Kier molecular flexibility index (Phi) is 7.09. The summed E-state index contributed by atoms with van der Waals surface area (Å²) in [6, 6.07) is 14.2. The average Bonchev–Trinajstić information content (AvgIpc) is 3.26. The first-order chi connectivity index (χ1) is 18.1. The smallest absolute Gasteiger partial charge is 0.264 e. The number of halogens is 8. The van der Waals surface area contributed by atoms with Crippen LogP contribution in [0.3, 0.4) is 0 Å². The molecule has 0 unspecified atom stereocenters. The highest BCUT2D eigenvalue weighted by Crippen LogP contribution is 2.50. The van der Waals surface area contributed by atoms with Gasteiger partial charge in [0.2, 0.25) is 0 Å².